The summed E-state index contributed by atoms with van der Waals surface area (Å²) < 4.78 is 0. The minimum atomic E-state index is -0.895. The van der Waals surface area contributed by atoms with E-state index in [4.69, 9.17) is 10.2 Å². The van der Waals surface area contributed by atoms with E-state index in [-0.39, 0.29) is 61.7 Å². The Morgan fingerprint density at radius 3 is 1.91 bits per heavy atom. The predicted molar refractivity (Wildman–Crippen MR) is 169 cm³/mol. The van der Waals surface area contributed by atoms with Crippen LogP contribution < -0.4 is 0 Å². The van der Waals surface area contributed by atoms with Crippen LogP contribution in [-0.2, 0) is 28.8 Å². The highest BCUT2D eigenvalue weighted by Crippen LogP contribution is 2.59. The van der Waals surface area contributed by atoms with Crippen LogP contribution in [0.15, 0.2) is 48.0 Å². The zero-order chi connectivity index (χ0) is 33.4. The first-order chi connectivity index (χ1) is 22.6. The number of allylic oxidation sites excluding steroid dienone is 2. The number of carbonyl (C=O) groups excluding carboxylic acids is 4. The van der Waals surface area contributed by atoms with Gasteiger partial charge in [0.25, 0.3) is 0 Å². The molecule has 2 aliphatic heterocycles. The molecule has 4 aliphatic rings. The minimum absolute atomic E-state index is 0.000283. The largest absolute Gasteiger partial charge is 0.508 e. The molecule has 2 heterocycles. The Morgan fingerprint density at radius 1 is 0.681 bits per heavy atom. The number of likely N-dealkylation sites (tertiary alicyclic amines) is 2. The van der Waals surface area contributed by atoms with E-state index >= 15 is 0 Å². The van der Waals surface area contributed by atoms with Crippen LogP contribution in [0.1, 0.15) is 75.7 Å². The summed E-state index contributed by atoms with van der Waals surface area (Å²) in [4.78, 5) is 80.1. The summed E-state index contributed by atoms with van der Waals surface area (Å²) in [6.07, 6.45) is 5.54. The van der Waals surface area contributed by atoms with Gasteiger partial charge in [0.15, 0.2) is 0 Å². The number of aromatic hydroxyl groups is 1. The lowest BCUT2D eigenvalue weighted by Gasteiger charge is -2.44. The van der Waals surface area contributed by atoms with E-state index < -0.39 is 47.4 Å². The molecule has 0 radical (unpaired) electrons. The Bertz CT molecular complexity index is 1660. The van der Waals surface area contributed by atoms with E-state index in [0.717, 1.165) is 16.3 Å². The first kappa shape index (κ1) is 32.4. The maximum Gasteiger partial charge on any atom is 0.303 e. The number of amides is 4. The van der Waals surface area contributed by atoms with Crippen LogP contribution in [-0.4, -0.2) is 73.8 Å². The summed E-state index contributed by atoms with van der Waals surface area (Å²) in [5.41, 5.74) is 1.36. The SMILES string of the molecule is O=C(O)CCCCCN1C(=O)[C@H]2[C@H](CC=C3[C@H]2C[C@H]2C(=O)N(CCCCCC(=O)O)C(=O)[C@H]2[C@H]3c2c(O)ccc3ccccc23)C1=O. The molecule has 6 rings (SSSR count). The Hall–Kier alpha value is -4.54. The van der Waals surface area contributed by atoms with Crippen molar-refractivity contribution in [2.24, 2.45) is 29.6 Å². The summed E-state index contributed by atoms with van der Waals surface area (Å²) in [5.74, 6) is -6.90. The molecular formula is C36H40N2O9. The van der Waals surface area contributed by atoms with Crippen molar-refractivity contribution in [1.82, 2.24) is 9.80 Å². The standard InChI is InChI=1S/C36H40N2O9/c39-26-16-13-20-9-5-6-10-21(20)30(26)31-22-14-15-23-29(35(46)37(33(23)44)17-7-1-3-11-27(40)41)24(22)19-25-32(31)36(47)38(34(25)45)18-8-2-4-12-28(42)43/h5-6,9-10,13-14,16,23-25,29,31-32,39H,1-4,7-8,11-12,15,17-19H2,(H,40,41)(H,42,43)/t23-,24+,25+,29-,31+,32+/m0/s1. The van der Waals surface area contributed by atoms with Crippen molar-refractivity contribution in [1.29, 1.82) is 0 Å². The second kappa shape index (κ2) is 13.3. The number of rotatable bonds is 13. The molecular weight excluding hydrogens is 604 g/mol. The summed E-state index contributed by atoms with van der Waals surface area (Å²) >= 11 is 0. The molecule has 11 heteroatoms. The van der Waals surface area contributed by atoms with Crippen molar-refractivity contribution in [2.75, 3.05) is 13.1 Å². The molecule has 11 nitrogen and oxygen atoms in total. The zero-order valence-electron chi connectivity index (χ0n) is 26.2. The second-order valence-corrected chi connectivity index (χ2v) is 13.3. The molecule has 2 aliphatic carbocycles. The Morgan fingerprint density at radius 2 is 1.28 bits per heavy atom. The first-order valence-corrected chi connectivity index (χ1v) is 16.6. The van der Waals surface area contributed by atoms with Gasteiger partial charge < -0.3 is 15.3 Å². The fourth-order valence-corrected chi connectivity index (χ4v) is 8.54. The number of carboxylic acid groups (broad SMARTS) is 2. The quantitative estimate of drug-likeness (QED) is 0.162. The van der Waals surface area contributed by atoms with Crippen LogP contribution in [0.25, 0.3) is 10.8 Å². The highest BCUT2D eigenvalue weighted by Gasteiger charge is 2.62. The van der Waals surface area contributed by atoms with Crippen molar-refractivity contribution in [2.45, 2.75) is 70.1 Å². The maximum absolute atomic E-state index is 14.2. The van der Waals surface area contributed by atoms with Crippen LogP contribution >= 0.6 is 0 Å². The molecule has 3 N–H and O–H groups in total. The molecule has 2 aromatic carbocycles. The third-order valence-electron chi connectivity index (χ3n) is 10.6. The molecule has 0 unspecified atom stereocenters. The number of fused-ring (bicyclic) bond motifs is 5. The number of hydrogen-bond acceptors (Lipinski definition) is 7. The smallest absolute Gasteiger partial charge is 0.303 e. The minimum Gasteiger partial charge on any atom is -0.508 e. The van der Waals surface area contributed by atoms with E-state index in [2.05, 4.69) is 0 Å². The van der Waals surface area contributed by atoms with Gasteiger partial charge in [-0.15, -0.1) is 0 Å². The van der Waals surface area contributed by atoms with Crippen LogP contribution in [0.3, 0.4) is 0 Å². The lowest BCUT2D eigenvalue weighted by atomic mass is 9.56. The van der Waals surface area contributed by atoms with Gasteiger partial charge in [0, 0.05) is 37.4 Å². The number of phenolic OH excluding ortho intramolecular Hbond substituents is 1. The molecule has 0 spiro atoms. The van der Waals surface area contributed by atoms with Gasteiger partial charge in [-0.25, -0.2) is 0 Å². The van der Waals surface area contributed by atoms with Crippen LogP contribution in [0.2, 0.25) is 0 Å². The second-order valence-electron chi connectivity index (χ2n) is 13.3. The molecule has 2 aromatic rings. The van der Waals surface area contributed by atoms with Gasteiger partial charge in [-0.1, -0.05) is 54.8 Å². The van der Waals surface area contributed by atoms with Gasteiger partial charge in [-0.05, 0) is 61.3 Å². The molecule has 47 heavy (non-hydrogen) atoms. The van der Waals surface area contributed by atoms with E-state index in [9.17, 15) is 33.9 Å². The average Bonchev–Trinajstić information content (AvgIpc) is 3.43. The lowest BCUT2D eigenvalue weighted by Crippen LogP contribution is -2.43. The van der Waals surface area contributed by atoms with Crippen molar-refractivity contribution < 1.29 is 44.1 Å². The molecule has 6 atom stereocenters. The van der Waals surface area contributed by atoms with Crippen molar-refractivity contribution in [3.8, 4) is 5.75 Å². The number of carbonyl (C=O) groups is 6. The number of imide groups is 2. The number of nitrogens with zero attached hydrogens (tertiary/aromatic N) is 2. The fourth-order valence-electron chi connectivity index (χ4n) is 8.54. The van der Waals surface area contributed by atoms with Crippen molar-refractivity contribution in [3.05, 3.63) is 53.6 Å². The average molecular weight is 645 g/mol. The van der Waals surface area contributed by atoms with E-state index in [1.54, 1.807) is 12.1 Å². The fraction of sp³-hybridized carbons (Fsp3) is 0.500. The first-order valence-electron chi connectivity index (χ1n) is 16.6. The lowest BCUT2D eigenvalue weighted by molar-refractivity contribution is -0.142. The van der Waals surface area contributed by atoms with Crippen molar-refractivity contribution >= 4 is 46.3 Å². The van der Waals surface area contributed by atoms with Gasteiger partial charge in [0.2, 0.25) is 23.6 Å². The normalized spacial score (nSPS) is 26.8. The molecule has 2 saturated heterocycles. The zero-order valence-corrected chi connectivity index (χ0v) is 26.2. The van der Waals surface area contributed by atoms with Crippen LogP contribution in [0.4, 0.5) is 0 Å². The molecule has 3 fully saturated rings. The summed E-state index contributed by atoms with van der Waals surface area (Å²) in [5, 5.41) is 30.9. The van der Waals surface area contributed by atoms with Gasteiger partial charge in [0.05, 0.1) is 23.7 Å². The number of aliphatic carboxylic acids is 2. The van der Waals surface area contributed by atoms with E-state index in [1.807, 2.05) is 30.3 Å². The van der Waals surface area contributed by atoms with Gasteiger partial charge in [-0.3, -0.25) is 38.6 Å². The van der Waals surface area contributed by atoms with Gasteiger partial charge in [-0.2, -0.15) is 0 Å². The summed E-state index contributed by atoms with van der Waals surface area (Å²) in [7, 11) is 0. The predicted octanol–water partition coefficient (Wildman–Crippen LogP) is 4.47. The molecule has 0 aromatic heterocycles. The Labute approximate surface area is 272 Å². The Balaban J connectivity index is 1.33. The van der Waals surface area contributed by atoms with Crippen LogP contribution in [0, 0.1) is 29.6 Å². The highest BCUT2D eigenvalue weighted by atomic mass is 16.4. The number of hydrogen-bond donors (Lipinski definition) is 3. The third kappa shape index (κ3) is 5.92. The molecule has 0 bridgehead atoms. The number of phenols is 1. The Kier molecular flexibility index (Phi) is 9.16. The summed E-state index contributed by atoms with van der Waals surface area (Å²) in [6.45, 7) is 0.375. The monoisotopic (exact) mass is 644 g/mol. The van der Waals surface area contributed by atoms with Crippen LogP contribution in [0.5, 0.6) is 5.75 Å². The number of unbranched alkanes of at least 4 members (excludes halogenated alkanes) is 4. The highest BCUT2D eigenvalue weighted by molar-refractivity contribution is 6.08. The van der Waals surface area contributed by atoms with Gasteiger partial charge in [0.1, 0.15) is 5.75 Å². The van der Waals surface area contributed by atoms with Crippen molar-refractivity contribution in [3.63, 3.8) is 0 Å². The van der Waals surface area contributed by atoms with E-state index in [1.165, 1.54) is 9.80 Å². The number of benzene rings is 2. The molecule has 4 amide bonds. The van der Waals surface area contributed by atoms with Gasteiger partial charge >= 0.3 is 11.9 Å². The third-order valence-corrected chi connectivity index (χ3v) is 10.6. The molecule has 248 valence electrons. The maximum atomic E-state index is 14.2. The number of carboxylic acids is 2. The topological polar surface area (TPSA) is 170 Å². The van der Waals surface area contributed by atoms with E-state index in [0.29, 0.717) is 50.5 Å². The molecule has 1 saturated carbocycles. The summed E-state index contributed by atoms with van der Waals surface area (Å²) in [6, 6.07) is 10.9.